The molecule has 1 saturated heterocycles. The van der Waals surface area contributed by atoms with Crippen molar-refractivity contribution >= 4 is 47.3 Å². The molecule has 3 nitrogen and oxygen atoms in total. The van der Waals surface area contributed by atoms with E-state index in [2.05, 4.69) is 15.2 Å². The summed E-state index contributed by atoms with van der Waals surface area (Å²) in [4.78, 5) is 6.45. The molecule has 0 spiro atoms. The molecule has 0 saturated carbocycles. The summed E-state index contributed by atoms with van der Waals surface area (Å²) in [5.74, 6) is 0. The highest BCUT2D eigenvalue weighted by atomic mass is 35.5. The summed E-state index contributed by atoms with van der Waals surface area (Å²) < 4.78 is 38.3. The van der Waals surface area contributed by atoms with Gasteiger partial charge in [0, 0.05) is 49.6 Å². The predicted molar refractivity (Wildman–Crippen MR) is 104 cm³/mol. The van der Waals surface area contributed by atoms with Gasteiger partial charge in [-0.05, 0) is 18.6 Å². The maximum absolute atomic E-state index is 12.8. The Labute approximate surface area is 168 Å². The Kier molecular flexibility index (Phi) is 8.89. The second-order valence-electron chi connectivity index (χ2n) is 6.02. The van der Waals surface area contributed by atoms with Crippen LogP contribution in [0.2, 0.25) is 5.15 Å². The topological polar surface area (TPSA) is 28.2 Å². The highest BCUT2D eigenvalue weighted by Gasteiger charge is 2.32. The van der Waals surface area contributed by atoms with Gasteiger partial charge in [0.05, 0.1) is 5.52 Å². The van der Waals surface area contributed by atoms with Crippen LogP contribution in [0.25, 0.3) is 10.9 Å². The standard InChI is InChI=1S/C17H19ClF3N3.2ClH/c18-16-13(11-12-3-1-2-4-14(12)23-16)15(5-6-17(19,20)21)24-9-7-22-8-10-24;;/h1-4,11,15,22H,5-10H2;2*1H/t15-;;/m1../s1. The monoisotopic (exact) mass is 429 g/mol. The molecule has 1 atom stereocenters. The van der Waals surface area contributed by atoms with Crippen molar-refractivity contribution in [2.75, 3.05) is 26.2 Å². The lowest BCUT2D eigenvalue weighted by molar-refractivity contribution is -0.138. The summed E-state index contributed by atoms with van der Waals surface area (Å²) in [6.07, 6.45) is -5.02. The van der Waals surface area contributed by atoms with E-state index in [4.69, 9.17) is 11.6 Å². The molecular formula is C17H21Cl3F3N3. The van der Waals surface area contributed by atoms with E-state index in [1.54, 1.807) is 0 Å². The maximum Gasteiger partial charge on any atom is 0.389 e. The summed E-state index contributed by atoms with van der Waals surface area (Å²) in [6.45, 7) is 2.93. The van der Waals surface area contributed by atoms with E-state index in [0.717, 1.165) is 24.0 Å². The fraction of sp³-hybridized carbons (Fsp3) is 0.471. The minimum atomic E-state index is -4.18. The molecule has 1 aromatic heterocycles. The molecular weight excluding hydrogens is 410 g/mol. The molecule has 1 aliphatic rings. The molecule has 0 amide bonds. The smallest absolute Gasteiger partial charge is 0.314 e. The summed E-state index contributed by atoms with van der Waals surface area (Å²) in [5, 5.41) is 4.41. The van der Waals surface area contributed by atoms with Crippen LogP contribution >= 0.6 is 36.4 Å². The number of piperazine rings is 1. The minimum absolute atomic E-state index is 0. The van der Waals surface area contributed by atoms with Crippen molar-refractivity contribution < 1.29 is 13.2 Å². The number of hydrogen-bond donors (Lipinski definition) is 1. The van der Waals surface area contributed by atoms with E-state index in [1.807, 2.05) is 30.3 Å². The molecule has 1 aromatic carbocycles. The third kappa shape index (κ3) is 5.86. The van der Waals surface area contributed by atoms with Gasteiger partial charge >= 0.3 is 6.18 Å². The third-order valence-corrected chi connectivity index (χ3v) is 4.66. The van der Waals surface area contributed by atoms with Crippen molar-refractivity contribution in [3.8, 4) is 0 Å². The van der Waals surface area contributed by atoms with Crippen LogP contribution in [0.5, 0.6) is 0 Å². The van der Waals surface area contributed by atoms with Crippen LogP contribution in [-0.4, -0.2) is 42.2 Å². The molecule has 0 unspecified atom stereocenters. The van der Waals surface area contributed by atoms with Gasteiger partial charge < -0.3 is 5.32 Å². The number of hydrogen-bond acceptors (Lipinski definition) is 3. The van der Waals surface area contributed by atoms with Crippen LogP contribution < -0.4 is 5.32 Å². The fourth-order valence-corrected chi connectivity index (χ4v) is 3.44. The first-order valence-electron chi connectivity index (χ1n) is 8.01. The van der Waals surface area contributed by atoms with E-state index in [-0.39, 0.29) is 37.3 Å². The Bertz CT molecular complexity index is 706. The number of fused-ring (bicyclic) bond motifs is 1. The number of nitrogens with one attached hydrogen (secondary N) is 1. The molecule has 2 aromatic rings. The summed E-state index contributed by atoms with van der Waals surface area (Å²) in [7, 11) is 0. The summed E-state index contributed by atoms with van der Waals surface area (Å²) >= 11 is 6.33. The summed E-state index contributed by atoms with van der Waals surface area (Å²) in [5.41, 5.74) is 1.43. The zero-order chi connectivity index (χ0) is 17.2. The minimum Gasteiger partial charge on any atom is -0.314 e. The first kappa shape index (κ1) is 23.2. The van der Waals surface area contributed by atoms with Crippen LogP contribution in [0.3, 0.4) is 0 Å². The Morgan fingerprint density at radius 1 is 1.15 bits per heavy atom. The Balaban J connectivity index is 0.00000169. The first-order chi connectivity index (χ1) is 11.4. The zero-order valence-corrected chi connectivity index (χ0v) is 16.3. The molecule has 26 heavy (non-hydrogen) atoms. The van der Waals surface area contributed by atoms with Crippen molar-refractivity contribution in [1.82, 2.24) is 15.2 Å². The van der Waals surface area contributed by atoms with Gasteiger partial charge in [-0.2, -0.15) is 13.2 Å². The van der Waals surface area contributed by atoms with Crippen molar-refractivity contribution in [1.29, 1.82) is 0 Å². The van der Waals surface area contributed by atoms with Crippen LogP contribution in [0, 0.1) is 0 Å². The third-order valence-electron chi connectivity index (χ3n) is 4.36. The number of pyridine rings is 1. The average molecular weight is 431 g/mol. The molecule has 9 heteroatoms. The zero-order valence-electron chi connectivity index (χ0n) is 13.9. The second-order valence-corrected chi connectivity index (χ2v) is 6.37. The van der Waals surface area contributed by atoms with Crippen LogP contribution in [-0.2, 0) is 0 Å². The number of halogens is 6. The Morgan fingerprint density at radius 3 is 2.46 bits per heavy atom. The average Bonchev–Trinajstić information content (AvgIpc) is 2.55. The van der Waals surface area contributed by atoms with E-state index >= 15 is 0 Å². The molecule has 1 N–H and O–H groups in total. The first-order valence-corrected chi connectivity index (χ1v) is 8.38. The number of para-hydroxylation sites is 1. The molecule has 146 valence electrons. The highest BCUT2D eigenvalue weighted by Crippen LogP contribution is 2.35. The fourth-order valence-electron chi connectivity index (χ4n) is 3.17. The molecule has 0 bridgehead atoms. The van der Waals surface area contributed by atoms with Crippen molar-refractivity contribution in [2.24, 2.45) is 0 Å². The highest BCUT2D eigenvalue weighted by molar-refractivity contribution is 6.30. The number of aromatic nitrogens is 1. The van der Waals surface area contributed by atoms with Gasteiger partial charge in [0.25, 0.3) is 0 Å². The molecule has 3 rings (SSSR count). The van der Waals surface area contributed by atoms with Gasteiger partial charge in [-0.25, -0.2) is 4.98 Å². The van der Waals surface area contributed by atoms with Crippen LogP contribution in [0.4, 0.5) is 13.2 Å². The van der Waals surface area contributed by atoms with E-state index in [0.29, 0.717) is 23.8 Å². The lowest BCUT2D eigenvalue weighted by Gasteiger charge is -2.35. The van der Waals surface area contributed by atoms with Gasteiger partial charge in [-0.15, -0.1) is 24.8 Å². The quantitative estimate of drug-likeness (QED) is 0.690. The Hall–Kier alpha value is -0.790. The number of alkyl halides is 3. The molecule has 0 aliphatic carbocycles. The van der Waals surface area contributed by atoms with Gasteiger partial charge in [0.15, 0.2) is 0 Å². The van der Waals surface area contributed by atoms with Gasteiger partial charge in [-0.3, -0.25) is 4.90 Å². The number of rotatable bonds is 4. The van der Waals surface area contributed by atoms with Gasteiger partial charge in [-0.1, -0.05) is 29.8 Å². The molecule has 2 heterocycles. The van der Waals surface area contributed by atoms with Crippen LogP contribution in [0.1, 0.15) is 24.4 Å². The molecule has 1 aliphatic heterocycles. The lowest BCUT2D eigenvalue weighted by atomic mass is 9.99. The lowest BCUT2D eigenvalue weighted by Crippen LogP contribution is -2.45. The molecule has 1 fully saturated rings. The molecule has 0 radical (unpaired) electrons. The van der Waals surface area contributed by atoms with Gasteiger partial charge in [0.2, 0.25) is 0 Å². The van der Waals surface area contributed by atoms with Gasteiger partial charge in [0.1, 0.15) is 5.15 Å². The second kappa shape index (κ2) is 9.95. The van der Waals surface area contributed by atoms with E-state index in [9.17, 15) is 13.2 Å². The normalized spacial score (nSPS) is 16.6. The van der Waals surface area contributed by atoms with E-state index < -0.39 is 12.6 Å². The number of benzene rings is 1. The van der Waals surface area contributed by atoms with Crippen molar-refractivity contribution in [3.05, 3.63) is 41.0 Å². The van der Waals surface area contributed by atoms with Crippen LogP contribution in [0.15, 0.2) is 30.3 Å². The largest absolute Gasteiger partial charge is 0.389 e. The Morgan fingerprint density at radius 2 is 1.81 bits per heavy atom. The maximum atomic E-state index is 12.8. The summed E-state index contributed by atoms with van der Waals surface area (Å²) in [6, 6.07) is 9.01. The van der Waals surface area contributed by atoms with Crippen molar-refractivity contribution in [2.45, 2.75) is 25.1 Å². The predicted octanol–water partition coefficient (Wildman–Crippen LogP) is 5.02. The van der Waals surface area contributed by atoms with Crippen molar-refractivity contribution in [3.63, 3.8) is 0 Å². The SMILES string of the molecule is Cl.Cl.FC(F)(F)CC[C@H](c1cc2ccccc2nc1Cl)N1CCNCC1. The number of nitrogens with zero attached hydrogens (tertiary/aromatic N) is 2. The van der Waals surface area contributed by atoms with E-state index in [1.165, 1.54) is 0 Å².